The van der Waals surface area contributed by atoms with Gasteiger partial charge in [0.05, 0.1) is 0 Å². The molecule has 2 N–H and O–H groups in total. The van der Waals surface area contributed by atoms with Crippen molar-refractivity contribution in [3.05, 3.63) is 47.4 Å². The second-order valence-electron chi connectivity index (χ2n) is 5.79. The van der Waals surface area contributed by atoms with Crippen LogP contribution >= 0.6 is 0 Å². The number of guanidine groups is 1. The van der Waals surface area contributed by atoms with Crippen LogP contribution in [0.15, 0.2) is 33.8 Å². The summed E-state index contributed by atoms with van der Waals surface area (Å²) in [6, 6.07) is 6.49. The van der Waals surface area contributed by atoms with Crippen LogP contribution in [-0.4, -0.2) is 29.7 Å². The van der Waals surface area contributed by atoms with E-state index in [2.05, 4.69) is 25.8 Å². The summed E-state index contributed by atoms with van der Waals surface area (Å²) in [6.45, 7) is 5.30. The van der Waals surface area contributed by atoms with Crippen LogP contribution in [0.25, 0.3) is 0 Å². The van der Waals surface area contributed by atoms with E-state index in [4.69, 9.17) is 4.52 Å². The summed E-state index contributed by atoms with van der Waals surface area (Å²) in [4.78, 5) is 8.49. The van der Waals surface area contributed by atoms with E-state index in [0.29, 0.717) is 24.8 Å². The van der Waals surface area contributed by atoms with Crippen molar-refractivity contribution in [3.8, 4) is 0 Å². The standard InChI is InChI=1S/C17H24FN5O/c1-12(2)16-22-15(24-23-16)8-5-9-20-17(19-3)21-11-13-6-4-7-14(18)10-13/h4,6-7,10,12H,5,8-9,11H2,1-3H3,(H2,19,20,21). The average Bonchev–Trinajstić information content (AvgIpc) is 3.03. The van der Waals surface area contributed by atoms with Gasteiger partial charge in [-0.1, -0.05) is 31.1 Å². The number of benzene rings is 1. The highest BCUT2D eigenvalue weighted by molar-refractivity contribution is 5.79. The maximum Gasteiger partial charge on any atom is 0.226 e. The summed E-state index contributed by atoms with van der Waals surface area (Å²) >= 11 is 0. The molecule has 24 heavy (non-hydrogen) atoms. The number of rotatable bonds is 7. The van der Waals surface area contributed by atoms with Gasteiger partial charge in [-0.3, -0.25) is 4.99 Å². The largest absolute Gasteiger partial charge is 0.356 e. The highest BCUT2D eigenvalue weighted by Gasteiger charge is 2.09. The molecule has 0 bridgehead atoms. The van der Waals surface area contributed by atoms with Crippen molar-refractivity contribution in [3.63, 3.8) is 0 Å². The lowest BCUT2D eigenvalue weighted by Gasteiger charge is -2.11. The number of halogens is 1. The topological polar surface area (TPSA) is 75.3 Å². The van der Waals surface area contributed by atoms with E-state index in [1.54, 1.807) is 13.1 Å². The quantitative estimate of drug-likeness (QED) is 0.463. The monoisotopic (exact) mass is 333 g/mol. The van der Waals surface area contributed by atoms with E-state index in [1.807, 2.05) is 19.9 Å². The van der Waals surface area contributed by atoms with Crippen LogP contribution in [0.4, 0.5) is 4.39 Å². The minimum absolute atomic E-state index is 0.238. The Balaban J connectivity index is 1.69. The molecule has 0 radical (unpaired) electrons. The molecule has 1 heterocycles. The molecule has 0 amide bonds. The first kappa shape index (κ1) is 17.9. The molecule has 2 aromatic rings. The lowest BCUT2D eigenvalue weighted by molar-refractivity contribution is 0.368. The first-order valence-electron chi connectivity index (χ1n) is 8.10. The van der Waals surface area contributed by atoms with Gasteiger partial charge in [0.25, 0.3) is 0 Å². The van der Waals surface area contributed by atoms with Crippen molar-refractivity contribution >= 4 is 5.96 Å². The molecule has 7 heteroatoms. The van der Waals surface area contributed by atoms with Gasteiger partial charge >= 0.3 is 0 Å². The number of hydrogen-bond acceptors (Lipinski definition) is 4. The number of hydrogen-bond donors (Lipinski definition) is 2. The second-order valence-corrected chi connectivity index (χ2v) is 5.79. The molecule has 0 atom stereocenters. The Labute approximate surface area is 141 Å². The summed E-state index contributed by atoms with van der Waals surface area (Å²) in [5.41, 5.74) is 0.866. The third kappa shape index (κ3) is 5.64. The predicted octanol–water partition coefficient (Wildman–Crippen LogP) is 2.63. The van der Waals surface area contributed by atoms with Crippen LogP contribution in [0.2, 0.25) is 0 Å². The Hall–Kier alpha value is -2.44. The zero-order valence-electron chi connectivity index (χ0n) is 14.3. The van der Waals surface area contributed by atoms with Gasteiger partial charge in [0, 0.05) is 32.5 Å². The van der Waals surface area contributed by atoms with Crippen LogP contribution in [-0.2, 0) is 13.0 Å². The number of aryl methyl sites for hydroxylation is 1. The minimum Gasteiger partial charge on any atom is -0.356 e. The van der Waals surface area contributed by atoms with Gasteiger partial charge in [0.2, 0.25) is 5.89 Å². The highest BCUT2D eigenvalue weighted by atomic mass is 19.1. The molecule has 0 aliphatic rings. The van der Waals surface area contributed by atoms with E-state index in [1.165, 1.54) is 12.1 Å². The van der Waals surface area contributed by atoms with Crippen LogP contribution in [0.3, 0.4) is 0 Å². The van der Waals surface area contributed by atoms with Gasteiger partial charge < -0.3 is 15.2 Å². The molecule has 6 nitrogen and oxygen atoms in total. The number of nitrogens with one attached hydrogen (secondary N) is 2. The Bertz CT molecular complexity index is 669. The zero-order chi connectivity index (χ0) is 17.4. The van der Waals surface area contributed by atoms with Crippen LogP contribution in [0, 0.1) is 5.82 Å². The predicted molar refractivity (Wildman–Crippen MR) is 91.3 cm³/mol. The van der Waals surface area contributed by atoms with Gasteiger partial charge in [0.1, 0.15) is 5.82 Å². The fourth-order valence-corrected chi connectivity index (χ4v) is 2.10. The molecule has 0 saturated heterocycles. The fraction of sp³-hybridized carbons (Fsp3) is 0.471. The summed E-state index contributed by atoms with van der Waals surface area (Å²) in [7, 11) is 1.70. The van der Waals surface area contributed by atoms with E-state index < -0.39 is 0 Å². The molecule has 0 fully saturated rings. The third-order valence-corrected chi connectivity index (χ3v) is 3.43. The Morgan fingerprint density at radius 3 is 2.83 bits per heavy atom. The third-order valence-electron chi connectivity index (χ3n) is 3.43. The number of aromatic nitrogens is 2. The van der Waals surface area contributed by atoms with Gasteiger partial charge in [-0.25, -0.2) is 4.39 Å². The molecular weight excluding hydrogens is 309 g/mol. The molecule has 0 aliphatic carbocycles. The molecule has 1 aromatic carbocycles. The highest BCUT2D eigenvalue weighted by Crippen LogP contribution is 2.10. The van der Waals surface area contributed by atoms with Crippen molar-refractivity contribution < 1.29 is 8.91 Å². The van der Waals surface area contributed by atoms with Crippen LogP contribution < -0.4 is 10.6 Å². The SMILES string of the molecule is CN=C(NCCCc1nc(C(C)C)no1)NCc1cccc(F)c1. The maximum atomic E-state index is 13.1. The first-order chi connectivity index (χ1) is 11.6. The maximum absolute atomic E-state index is 13.1. The van der Waals surface area contributed by atoms with Crippen molar-refractivity contribution in [2.75, 3.05) is 13.6 Å². The smallest absolute Gasteiger partial charge is 0.226 e. The van der Waals surface area contributed by atoms with E-state index in [9.17, 15) is 4.39 Å². The summed E-state index contributed by atoms with van der Waals surface area (Å²) in [6.07, 6.45) is 1.56. The van der Waals surface area contributed by atoms with Crippen molar-refractivity contribution in [1.82, 2.24) is 20.8 Å². The molecule has 130 valence electrons. The Morgan fingerprint density at radius 1 is 1.33 bits per heavy atom. The zero-order valence-corrected chi connectivity index (χ0v) is 14.3. The molecule has 2 rings (SSSR count). The second kappa shape index (κ2) is 9.00. The minimum atomic E-state index is -0.238. The number of aliphatic imine (C=N–C) groups is 1. The Kier molecular flexibility index (Phi) is 6.72. The lowest BCUT2D eigenvalue weighted by Crippen LogP contribution is -2.37. The summed E-state index contributed by atoms with van der Waals surface area (Å²) in [5.74, 6) is 2.10. The molecule has 0 unspecified atom stereocenters. The molecule has 1 aromatic heterocycles. The van der Waals surface area contributed by atoms with Crippen molar-refractivity contribution in [2.45, 2.75) is 39.2 Å². The number of nitrogens with zero attached hydrogens (tertiary/aromatic N) is 3. The lowest BCUT2D eigenvalue weighted by atomic mass is 10.2. The fourth-order valence-electron chi connectivity index (χ4n) is 2.10. The molecule has 0 saturated carbocycles. The molecular formula is C17H24FN5O. The summed E-state index contributed by atoms with van der Waals surface area (Å²) < 4.78 is 18.3. The van der Waals surface area contributed by atoms with Crippen molar-refractivity contribution in [2.24, 2.45) is 4.99 Å². The van der Waals surface area contributed by atoms with E-state index in [-0.39, 0.29) is 11.7 Å². The van der Waals surface area contributed by atoms with Crippen LogP contribution in [0.1, 0.15) is 43.5 Å². The first-order valence-corrected chi connectivity index (χ1v) is 8.10. The Morgan fingerprint density at radius 2 is 2.17 bits per heavy atom. The summed E-state index contributed by atoms with van der Waals surface area (Å²) in [5, 5.41) is 10.3. The van der Waals surface area contributed by atoms with Gasteiger partial charge in [-0.15, -0.1) is 0 Å². The van der Waals surface area contributed by atoms with Gasteiger partial charge in [-0.05, 0) is 24.1 Å². The normalized spacial score (nSPS) is 11.8. The van der Waals surface area contributed by atoms with Gasteiger partial charge in [-0.2, -0.15) is 4.98 Å². The molecule has 0 aliphatic heterocycles. The van der Waals surface area contributed by atoms with Crippen molar-refractivity contribution in [1.29, 1.82) is 0 Å². The van der Waals surface area contributed by atoms with Gasteiger partial charge in [0.15, 0.2) is 11.8 Å². The van der Waals surface area contributed by atoms with E-state index in [0.717, 1.165) is 24.4 Å². The van der Waals surface area contributed by atoms with E-state index >= 15 is 0 Å². The average molecular weight is 333 g/mol. The molecule has 0 spiro atoms. The van der Waals surface area contributed by atoms with Crippen LogP contribution in [0.5, 0.6) is 0 Å².